The smallest absolute Gasteiger partial charge is 0.169 e. The number of likely N-dealkylation sites (N-methyl/N-ethyl adjacent to an activating group) is 1. The topological polar surface area (TPSA) is 17.1 Å². The third-order valence-corrected chi connectivity index (χ3v) is 6.05. The second-order valence-electron chi connectivity index (χ2n) is 7.30. The Bertz CT molecular complexity index is 809. The number of benzene rings is 2. The van der Waals surface area contributed by atoms with Crippen LogP contribution < -0.4 is 0 Å². The maximum atomic E-state index is 12.6. The monoisotopic (exact) mass is 318 g/mol. The van der Waals surface area contributed by atoms with Crippen LogP contribution in [0, 0.1) is 0 Å². The van der Waals surface area contributed by atoms with E-state index in [1.165, 1.54) is 16.7 Å². The largest absolute Gasteiger partial charge is 0.310 e. The number of ketones is 1. The maximum absolute atomic E-state index is 12.6. The van der Waals surface area contributed by atoms with Crippen molar-refractivity contribution in [2.45, 2.75) is 31.3 Å². The molecule has 0 aliphatic heterocycles. The van der Waals surface area contributed by atoms with E-state index >= 15 is 0 Å². The van der Waals surface area contributed by atoms with Gasteiger partial charge in [-0.3, -0.25) is 4.79 Å². The molecule has 4 rings (SSSR count). The van der Waals surface area contributed by atoms with Gasteiger partial charge in [-0.15, -0.1) is 0 Å². The summed E-state index contributed by atoms with van der Waals surface area (Å²) in [5.74, 6) is 0.287. The molecule has 2 nitrogen and oxygen atoms in total. The third-order valence-electron chi connectivity index (χ3n) is 6.05. The van der Waals surface area contributed by atoms with Crippen LogP contribution in [0.15, 0.2) is 61.2 Å². The molecule has 122 valence electrons. The Morgan fingerprint density at radius 1 is 1.08 bits per heavy atom. The van der Waals surface area contributed by atoms with Gasteiger partial charge in [-0.25, -0.2) is 0 Å². The van der Waals surface area contributed by atoms with Crippen LogP contribution in [0.5, 0.6) is 0 Å². The highest BCUT2D eigenvalue weighted by Gasteiger charge is 2.48. The molecule has 0 spiro atoms. The zero-order valence-corrected chi connectivity index (χ0v) is 14.2. The normalized spacial score (nSPS) is 24.3. The van der Waals surface area contributed by atoms with E-state index in [1.807, 2.05) is 18.2 Å². The summed E-state index contributed by atoms with van der Waals surface area (Å²) < 4.78 is 0.850. The quantitative estimate of drug-likeness (QED) is 0.593. The van der Waals surface area contributed by atoms with Gasteiger partial charge in [0.2, 0.25) is 0 Å². The van der Waals surface area contributed by atoms with Crippen molar-refractivity contribution in [2.75, 3.05) is 13.6 Å². The first-order chi connectivity index (χ1) is 11.6. The van der Waals surface area contributed by atoms with Crippen LogP contribution in [0.1, 0.15) is 52.0 Å². The molecule has 3 unspecified atom stereocenters. The first-order valence-corrected chi connectivity index (χ1v) is 8.81. The van der Waals surface area contributed by atoms with Gasteiger partial charge in [0.1, 0.15) is 12.1 Å². The molecule has 2 aliphatic carbocycles. The van der Waals surface area contributed by atoms with Gasteiger partial charge in [0.25, 0.3) is 0 Å². The van der Waals surface area contributed by atoms with Gasteiger partial charge in [-0.2, -0.15) is 0 Å². The number of carbonyl (C=O) groups excluding carboxylic acids is 1. The minimum absolute atomic E-state index is 0.225. The molecule has 3 atom stereocenters. The summed E-state index contributed by atoms with van der Waals surface area (Å²) in [4.78, 5) is 12.6. The molecule has 2 aromatic carbocycles. The maximum Gasteiger partial charge on any atom is 0.169 e. The molecule has 0 amide bonds. The highest BCUT2D eigenvalue weighted by molar-refractivity contribution is 6.01. The highest BCUT2D eigenvalue weighted by atomic mass is 16.1. The molecule has 0 heterocycles. The number of carbonyl (C=O) groups is 1. The molecular weight excluding hydrogens is 294 g/mol. The second-order valence-corrected chi connectivity index (χ2v) is 7.30. The standard InChI is InChI=1S/C22H24NO/c1-3-14-23(2,20-13-12-16-8-4-5-9-17(16)20)21-15-22(24)19-11-7-6-10-18(19)21/h3-11,20-21H,1,12-15H2,2H3/q+1. The van der Waals surface area contributed by atoms with Gasteiger partial charge < -0.3 is 4.48 Å². The van der Waals surface area contributed by atoms with E-state index in [2.05, 4.69) is 50.0 Å². The number of nitrogens with zero attached hydrogens (tertiary/aromatic N) is 1. The summed E-state index contributed by atoms with van der Waals surface area (Å²) in [7, 11) is 2.31. The van der Waals surface area contributed by atoms with Crippen molar-refractivity contribution in [3.05, 3.63) is 83.4 Å². The average Bonchev–Trinajstić information content (AvgIpc) is 3.18. The van der Waals surface area contributed by atoms with Gasteiger partial charge in [0, 0.05) is 23.1 Å². The molecule has 0 aromatic heterocycles. The first-order valence-electron chi connectivity index (χ1n) is 8.81. The van der Waals surface area contributed by atoms with Crippen molar-refractivity contribution >= 4 is 5.78 Å². The predicted octanol–water partition coefficient (Wildman–Crippen LogP) is 4.63. The Kier molecular flexibility index (Phi) is 3.65. The molecule has 0 radical (unpaired) electrons. The number of Topliss-reactive ketones (excluding diaryl/α,β-unsaturated/α-hetero) is 1. The Balaban J connectivity index is 1.81. The van der Waals surface area contributed by atoms with Crippen molar-refractivity contribution in [1.29, 1.82) is 0 Å². The predicted molar refractivity (Wildman–Crippen MR) is 96.9 cm³/mol. The zero-order valence-electron chi connectivity index (χ0n) is 14.2. The van der Waals surface area contributed by atoms with Crippen molar-refractivity contribution in [3.63, 3.8) is 0 Å². The lowest BCUT2D eigenvalue weighted by Gasteiger charge is -2.44. The number of rotatable bonds is 4. The van der Waals surface area contributed by atoms with Crippen molar-refractivity contribution in [2.24, 2.45) is 0 Å². The molecule has 0 bridgehead atoms. The summed E-state index contributed by atoms with van der Waals surface area (Å²) in [5.41, 5.74) is 5.06. The van der Waals surface area contributed by atoms with Crippen LogP contribution in [0.4, 0.5) is 0 Å². The first kappa shape index (κ1) is 15.3. The van der Waals surface area contributed by atoms with Gasteiger partial charge in [-0.1, -0.05) is 55.1 Å². The fourth-order valence-corrected chi connectivity index (χ4v) is 4.86. The zero-order chi connectivity index (χ0) is 16.7. The number of quaternary nitrogens is 1. The summed E-state index contributed by atoms with van der Waals surface area (Å²) in [6.45, 7) is 4.90. The van der Waals surface area contributed by atoms with Crippen LogP contribution in [-0.4, -0.2) is 23.9 Å². The Morgan fingerprint density at radius 2 is 1.79 bits per heavy atom. The van der Waals surface area contributed by atoms with E-state index in [0.29, 0.717) is 12.5 Å². The van der Waals surface area contributed by atoms with Crippen LogP contribution in [-0.2, 0) is 6.42 Å². The second kappa shape index (κ2) is 5.71. The Hall–Kier alpha value is -2.19. The lowest BCUT2D eigenvalue weighted by molar-refractivity contribution is -0.961. The highest BCUT2D eigenvalue weighted by Crippen LogP contribution is 2.49. The van der Waals surface area contributed by atoms with Gasteiger partial charge >= 0.3 is 0 Å². The fourth-order valence-electron chi connectivity index (χ4n) is 4.86. The van der Waals surface area contributed by atoms with Crippen molar-refractivity contribution in [3.8, 4) is 0 Å². The lowest BCUT2D eigenvalue weighted by atomic mass is 9.97. The SMILES string of the molecule is C=CC[N+](C)(C1CCc2ccccc21)C1CC(=O)c2ccccc21. The molecule has 0 saturated carbocycles. The third kappa shape index (κ3) is 2.17. The molecular formula is C22H24NO+. The number of hydrogen-bond donors (Lipinski definition) is 0. The van der Waals surface area contributed by atoms with Crippen molar-refractivity contribution in [1.82, 2.24) is 0 Å². The Labute approximate surface area is 144 Å². The average molecular weight is 318 g/mol. The van der Waals surface area contributed by atoms with Crippen LogP contribution in [0.25, 0.3) is 0 Å². The molecule has 2 aliphatic rings. The van der Waals surface area contributed by atoms with E-state index in [1.54, 1.807) is 0 Å². The van der Waals surface area contributed by atoms with Crippen LogP contribution in [0.3, 0.4) is 0 Å². The van der Waals surface area contributed by atoms with Gasteiger partial charge in [0.15, 0.2) is 5.78 Å². The minimum Gasteiger partial charge on any atom is -0.310 e. The molecule has 0 saturated heterocycles. The summed E-state index contributed by atoms with van der Waals surface area (Å²) in [5, 5.41) is 0. The number of hydrogen-bond acceptors (Lipinski definition) is 1. The van der Waals surface area contributed by atoms with E-state index in [4.69, 9.17) is 0 Å². The van der Waals surface area contributed by atoms with Crippen molar-refractivity contribution < 1.29 is 9.28 Å². The summed E-state index contributed by atoms with van der Waals surface area (Å²) >= 11 is 0. The minimum atomic E-state index is 0.225. The van der Waals surface area contributed by atoms with Crippen LogP contribution >= 0.6 is 0 Å². The summed E-state index contributed by atoms with van der Waals surface area (Å²) in [6.07, 6.45) is 4.92. The molecule has 24 heavy (non-hydrogen) atoms. The lowest BCUT2D eigenvalue weighted by Crippen LogP contribution is -2.48. The molecule has 2 heteroatoms. The van der Waals surface area contributed by atoms with Crippen LogP contribution in [0.2, 0.25) is 0 Å². The molecule has 0 fully saturated rings. The van der Waals surface area contributed by atoms with E-state index in [0.717, 1.165) is 29.4 Å². The van der Waals surface area contributed by atoms with E-state index in [9.17, 15) is 4.79 Å². The Morgan fingerprint density at radius 3 is 2.58 bits per heavy atom. The van der Waals surface area contributed by atoms with Gasteiger partial charge in [-0.05, 0) is 18.1 Å². The fraction of sp³-hybridized carbons (Fsp3) is 0.318. The molecule has 2 aromatic rings. The molecule has 0 N–H and O–H groups in total. The number of fused-ring (bicyclic) bond motifs is 2. The summed E-state index contributed by atoms with van der Waals surface area (Å²) in [6, 6.07) is 17.6. The van der Waals surface area contributed by atoms with E-state index < -0.39 is 0 Å². The number of aryl methyl sites for hydroxylation is 1. The van der Waals surface area contributed by atoms with E-state index in [-0.39, 0.29) is 11.8 Å². The van der Waals surface area contributed by atoms with Gasteiger partial charge in [0.05, 0.1) is 20.0 Å².